The summed E-state index contributed by atoms with van der Waals surface area (Å²) < 4.78 is 5.73. The van der Waals surface area contributed by atoms with Crippen molar-refractivity contribution in [1.29, 1.82) is 0 Å². The topological polar surface area (TPSA) is 84.3 Å². The highest BCUT2D eigenvalue weighted by atomic mass is 16.5. The minimum Gasteiger partial charge on any atom is -0.389 e. The summed E-state index contributed by atoms with van der Waals surface area (Å²) in [4.78, 5) is 19.6. The average Bonchev–Trinajstić information content (AvgIpc) is 2.51. The van der Waals surface area contributed by atoms with Gasteiger partial charge < -0.3 is 15.2 Å². The van der Waals surface area contributed by atoms with E-state index in [0.717, 1.165) is 12.8 Å². The number of ketones is 1. The van der Waals surface area contributed by atoms with E-state index in [1.165, 1.54) is 32.4 Å². The van der Waals surface area contributed by atoms with Gasteiger partial charge in [-0.2, -0.15) is 0 Å². The van der Waals surface area contributed by atoms with Gasteiger partial charge in [-0.05, 0) is 26.7 Å². The number of aryl methyl sites for hydroxylation is 1. The molecule has 2 rings (SSSR count). The molecule has 6 nitrogen and oxygen atoms in total. The van der Waals surface area contributed by atoms with Crippen LogP contribution < -0.4 is 5.32 Å². The van der Waals surface area contributed by atoms with E-state index >= 15 is 0 Å². The van der Waals surface area contributed by atoms with Gasteiger partial charge in [0.05, 0.1) is 30.1 Å². The van der Waals surface area contributed by atoms with Crippen LogP contribution in [-0.2, 0) is 4.74 Å². The van der Waals surface area contributed by atoms with Gasteiger partial charge in [0.1, 0.15) is 0 Å². The maximum atomic E-state index is 11.3. The van der Waals surface area contributed by atoms with Crippen LogP contribution in [0.3, 0.4) is 0 Å². The number of Topliss-reactive ketones (excluding diaryl/α,β-unsaturated/α-hetero) is 1. The van der Waals surface area contributed by atoms with Gasteiger partial charge >= 0.3 is 0 Å². The molecule has 0 radical (unpaired) electrons. The molecule has 0 bridgehead atoms. The molecule has 1 aliphatic carbocycles. The zero-order valence-corrected chi connectivity index (χ0v) is 13.3. The van der Waals surface area contributed by atoms with Gasteiger partial charge in [-0.1, -0.05) is 19.3 Å². The summed E-state index contributed by atoms with van der Waals surface area (Å²) in [5.41, 5.74) is 1.16. The third kappa shape index (κ3) is 5.03. The normalized spacial score (nSPS) is 17.2. The number of aromatic nitrogens is 2. The van der Waals surface area contributed by atoms with Crippen LogP contribution in [0.5, 0.6) is 0 Å². The van der Waals surface area contributed by atoms with E-state index in [9.17, 15) is 9.90 Å². The van der Waals surface area contributed by atoms with Crippen LogP contribution in [0.25, 0.3) is 0 Å². The van der Waals surface area contributed by atoms with Crippen LogP contribution in [0.15, 0.2) is 6.20 Å². The van der Waals surface area contributed by atoms with E-state index < -0.39 is 6.10 Å². The Morgan fingerprint density at radius 2 is 2.18 bits per heavy atom. The van der Waals surface area contributed by atoms with Crippen molar-refractivity contribution in [2.24, 2.45) is 0 Å². The molecule has 6 heteroatoms. The molecule has 0 saturated heterocycles. The minimum atomic E-state index is -0.599. The van der Waals surface area contributed by atoms with E-state index in [-0.39, 0.29) is 11.9 Å². The van der Waals surface area contributed by atoms with Gasteiger partial charge in [-0.25, -0.2) is 9.97 Å². The largest absolute Gasteiger partial charge is 0.389 e. The molecular formula is C16H25N3O3. The number of aliphatic hydroxyl groups is 1. The number of anilines is 1. The first kappa shape index (κ1) is 16.8. The molecule has 0 aromatic carbocycles. The second kappa shape index (κ2) is 8.19. The Hall–Kier alpha value is -1.53. The first-order valence-electron chi connectivity index (χ1n) is 7.94. The number of hydrogen-bond donors (Lipinski definition) is 2. The van der Waals surface area contributed by atoms with Crippen molar-refractivity contribution in [1.82, 2.24) is 9.97 Å². The Labute approximate surface area is 131 Å². The van der Waals surface area contributed by atoms with Crippen LogP contribution >= 0.6 is 0 Å². The third-order valence-electron chi connectivity index (χ3n) is 3.93. The molecule has 122 valence electrons. The van der Waals surface area contributed by atoms with Gasteiger partial charge in [0.2, 0.25) is 5.95 Å². The molecule has 1 aromatic rings. The van der Waals surface area contributed by atoms with Crippen LogP contribution in [-0.4, -0.2) is 46.2 Å². The predicted octanol–water partition coefficient (Wildman–Crippen LogP) is 2.11. The standard InChI is InChI=1S/C16H25N3O3/c1-11-15(12(2)20)9-18-16(19-11)17-8-13(21)10-22-14-6-4-3-5-7-14/h9,13-14,21H,3-8,10H2,1-2H3,(H,17,18,19)/t13-/m0/s1. The fraction of sp³-hybridized carbons (Fsp3) is 0.688. The van der Waals surface area contributed by atoms with Crippen molar-refractivity contribution in [3.05, 3.63) is 17.5 Å². The lowest BCUT2D eigenvalue weighted by molar-refractivity contribution is -0.0195. The van der Waals surface area contributed by atoms with Gasteiger partial charge in [0.15, 0.2) is 5.78 Å². The number of nitrogens with zero attached hydrogens (tertiary/aromatic N) is 2. The number of carbonyl (C=O) groups excluding carboxylic acids is 1. The molecule has 1 saturated carbocycles. The van der Waals surface area contributed by atoms with Gasteiger partial charge in [-0.3, -0.25) is 4.79 Å². The Morgan fingerprint density at radius 3 is 2.82 bits per heavy atom. The molecule has 22 heavy (non-hydrogen) atoms. The summed E-state index contributed by atoms with van der Waals surface area (Å²) in [6.07, 6.45) is 7.11. The average molecular weight is 307 g/mol. The first-order chi connectivity index (χ1) is 10.6. The fourth-order valence-electron chi connectivity index (χ4n) is 2.64. The number of carbonyl (C=O) groups is 1. The van der Waals surface area contributed by atoms with Crippen molar-refractivity contribution in [3.63, 3.8) is 0 Å². The highest BCUT2D eigenvalue weighted by Crippen LogP contribution is 2.20. The summed E-state index contributed by atoms with van der Waals surface area (Å²) in [6, 6.07) is 0. The quantitative estimate of drug-likeness (QED) is 0.751. The lowest BCUT2D eigenvalue weighted by Crippen LogP contribution is -2.29. The summed E-state index contributed by atoms with van der Waals surface area (Å²) in [6.45, 7) is 3.91. The molecule has 1 aromatic heterocycles. The molecule has 1 heterocycles. The maximum Gasteiger partial charge on any atom is 0.222 e. The van der Waals surface area contributed by atoms with Crippen molar-refractivity contribution < 1.29 is 14.6 Å². The van der Waals surface area contributed by atoms with Crippen molar-refractivity contribution in [2.45, 2.75) is 58.2 Å². The highest BCUT2D eigenvalue weighted by molar-refractivity contribution is 5.94. The summed E-state index contributed by atoms with van der Waals surface area (Å²) in [5, 5.41) is 12.9. The number of rotatable bonds is 7. The van der Waals surface area contributed by atoms with Gasteiger partial charge in [0.25, 0.3) is 0 Å². The van der Waals surface area contributed by atoms with Crippen LogP contribution in [0.2, 0.25) is 0 Å². The smallest absolute Gasteiger partial charge is 0.222 e. The Morgan fingerprint density at radius 1 is 1.45 bits per heavy atom. The summed E-state index contributed by atoms with van der Waals surface area (Å²) >= 11 is 0. The Balaban J connectivity index is 1.74. The maximum absolute atomic E-state index is 11.3. The number of aliphatic hydroxyl groups excluding tert-OH is 1. The Bertz CT molecular complexity index is 501. The van der Waals surface area contributed by atoms with Crippen LogP contribution in [0, 0.1) is 6.92 Å². The molecule has 0 spiro atoms. The van der Waals surface area contributed by atoms with E-state index in [1.807, 2.05) is 0 Å². The molecule has 2 N–H and O–H groups in total. The zero-order valence-electron chi connectivity index (χ0n) is 13.3. The van der Waals surface area contributed by atoms with E-state index in [1.54, 1.807) is 6.92 Å². The highest BCUT2D eigenvalue weighted by Gasteiger charge is 2.15. The van der Waals surface area contributed by atoms with Gasteiger partial charge in [-0.15, -0.1) is 0 Å². The van der Waals surface area contributed by atoms with Gasteiger partial charge in [0, 0.05) is 12.7 Å². The zero-order chi connectivity index (χ0) is 15.9. The molecule has 1 atom stereocenters. The Kier molecular flexibility index (Phi) is 6.27. The first-order valence-corrected chi connectivity index (χ1v) is 7.94. The molecule has 1 aliphatic rings. The molecule has 0 aliphatic heterocycles. The summed E-state index contributed by atoms with van der Waals surface area (Å²) in [7, 11) is 0. The van der Waals surface area contributed by atoms with Crippen molar-refractivity contribution in [3.8, 4) is 0 Å². The number of hydrogen-bond acceptors (Lipinski definition) is 6. The predicted molar refractivity (Wildman–Crippen MR) is 84.1 cm³/mol. The minimum absolute atomic E-state index is 0.0510. The lowest BCUT2D eigenvalue weighted by atomic mass is 9.98. The SMILES string of the molecule is CC(=O)c1cnc(NC[C@H](O)COC2CCCCC2)nc1C. The molecule has 0 amide bonds. The summed E-state index contributed by atoms with van der Waals surface area (Å²) in [5.74, 6) is 0.365. The molecule has 1 fully saturated rings. The fourth-order valence-corrected chi connectivity index (χ4v) is 2.64. The second-order valence-corrected chi connectivity index (χ2v) is 5.88. The van der Waals surface area contributed by atoms with E-state index in [4.69, 9.17) is 4.74 Å². The molecule has 0 unspecified atom stereocenters. The van der Waals surface area contributed by atoms with Crippen molar-refractivity contribution in [2.75, 3.05) is 18.5 Å². The van der Waals surface area contributed by atoms with E-state index in [0.29, 0.717) is 30.4 Å². The second-order valence-electron chi connectivity index (χ2n) is 5.88. The number of nitrogens with one attached hydrogen (secondary N) is 1. The monoisotopic (exact) mass is 307 g/mol. The molecular weight excluding hydrogens is 282 g/mol. The van der Waals surface area contributed by atoms with Crippen molar-refractivity contribution >= 4 is 11.7 Å². The lowest BCUT2D eigenvalue weighted by Gasteiger charge is -2.23. The van der Waals surface area contributed by atoms with Crippen LogP contribution in [0.1, 0.15) is 55.1 Å². The van der Waals surface area contributed by atoms with Crippen LogP contribution in [0.4, 0.5) is 5.95 Å². The van der Waals surface area contributed by atoms with E-state index in [2.05, 4.69) is 15.3 Å². The third-order valence-corrected chi connectivity index (χ3v) is 3.93. The number of ether oxygens (including phenoxy) is 1.